The van der Waals surface area contributed by atoms with E-state index in [2.05, 4.69) is 25.1 Å². The lowest BCUT2D eigenvalue weighted by molar-refractivity contribution is 0.102. The molecule has 0 spiro atoms. The molecule has 0 fully saturated rings. The number of benzene rings is 2. The minimum Gasteiger partial charge on any atom is -0.471 e. The normalized spacial score (nSPS) is 11.2. The van der Waals surface area contributed by atoms with E-state index in [1.165, 1.54) is 28.9 Å². The number of sulfonamides is 1. The molecule has 0 aliphatic rings. The van der Waals surface area contributed by atoms with Crippen molar-refractivity contribution in [2.75, 3.05) is 10.0 Å². The molecule has 0 saturated heterocycles. The standard InChI is InChI=1S/C23H21ClN6O4S/c1-15-13-16(2)26-23(25-15)29-35(32,33)20-9-5-18(6-10-20)27-22(31)21-11-12-30(28-21)14-34-19-7-3-17(24)4-8-19/h3-13H,14H2,1-2H3,(H,27,31)(H,25,26,29). The van der Waals surface area contributed by atoms with E-state index in [1.807, 2.05) is 0 Å². The van der Waals surface area contributed by atoms with Crippen LogP contribution in [0.3, 0.4) is 0 Å². The van der Waals surface area contributed by atoms with Crippen LogP contribution in [0.5, 0.6) is 5.75 Å². The van der Waals surface area contributed by atoms with Crippen molar-refractivity contribution < 1.29 is 17.9 Å². The Morgan fingerprint density at radius 1 is 1.00 bits per heavy atom. The molecule has 2 aromatic carbocycles. The van der Waals surface area contributed by atoms with Crippen LogP contribution >= 0.6 is 11.6 Å². The van der Waals surface area contributed by atoms with Crippen molar-refractivity contribution in [1.82, 2.24) is 19.7 Å². The largest absolute Gasteiger partial charge is 0.471 e. The van der Waals surface area contributed by atoms with E-state index in [0.29, 0.717) is 27.8 Å². The van der Waals surface area contributed by atoms with E-state index in [-0.39, 0.29) is 23.3 Å². The fourth-order valence-electron chi connectivity index (χ4n) is 3.09. The van der Waals surface area contributed by atoms with E-state index >= 15 is 0 Å². The van der Waals surface area contributed by atoms with E-state index in [4.69, 9.17) is 16.3 Å². The predicted octanol–water partition coefficient (Wildman–Crippen LogP) is 4.03. The Hall–Kier alpha value is -3.96. The van der Waals surface area contributed by atoms with Gasteiger partial charge in [-0.1, -0.05) is 11.6 Å². The molecule has 0 bridgehead atoms. The molecule has 0 aliphatic carbocycles. The summed E-state index contributed by atoms with van der Waals surface area (Å²) < 4.78 is 34.7. The molecule has 12 heteroatoms. The van der Waals surface area contributed by atoms with E-state index < -0.39 is 15.9 Å². The first-order valence-electron chi connectivity index (χ1n) is 10.4. The number of hydrogen-bond donors (Lipinski definition) is 2. The molecule has 10 nitrogen and oxygen atoms in total. The molecule has 0 atom stereocenters. The first-order chi connectivity index (χ1) is 16.7. The van der Waals surface area contributed by atoms with Crippen LogP contribution in [-0.2, 0) is 16.8 Å². The minimum atomic E-state index is -3.90. The number of nitrogens with one attached hydrogen (secondary N) is 2. The van der Waals surface area contributed by atoms with Crippen molar-refractivity contribution in [3.63, 3.8) is 0 Å². The highest BCUT2D eigenvalue weighted by Gasteiger charge is 2.17. The van der Waals surface area contributed by atoms with Crippen LogP contribution in [0.4, 0.5) is 11.6 Å². The second kappa shape index (κ2) is 10.1. The fraction of sp³-hybridized carbons (Fsp3) is 0.130. The van der Waals surface area contributed by atoms with Gasteiger partial charge in [0, 0.05) is 28.3 Å². The lowest BCUT2D eigenvalue weighted by Crippen LogP contribution is -2.16. The maximum Gasteiger partial charge on any atom is 0.276 e. The van der Waals surface area contributed by atoms with Crippen molar-refractivity contribution in [2.24, 2.45) is 0 Å². The number of aromatic nitrogens is 4. The van der Waals surface area contributed by atoms with Gasteiger partial charge in [-0.3, -0.25) is 4.79 Å². The van der Waals surface area contributed by atoms with Crippen molar-refractivity contribution in [1.29, 1.82) is 0 Å². The maximum atomic E-state index is 12.7. The van der Waals surface area contributed by atoms with Gasteiger partial charge in [0.25, 0.3) is 15.9 Å². The van der Waals surface area contributed by atoms with Crippen molar-refractivity contribution in [2.45, 2.75) is 25.5 Å². The Bertz CT molecular complexity index is 1430. The van der Waals surface area contributed by atoms with Crippen LogP contribution in [0.1, 0.15) is 21.9 Å². The van der Waals surface area contributed by atoms with Crippen molar-refractivity contribution in [3.05, 3.63) is 89.0 Å². The Kier molecular flexibility index (Phi) is 6.99. The molecule has 4 aromatic rings. The highest BCUT2D eigenvalue weighted by atomic mass is 35.5. The smallest absolute Gasteiger partial charge is 0.276 e. The number of carbonyl (C=O) groups excluding carboxylic acids is 1. The zero-order valence-corrected chi connectivity index (χ0v) is 20.3. The number of amides is 1. The second-order valence-corrected chi connectivity index (χ2v) is 9.64. The lowest BCUT2D eigenvalue weighted by Gasteiger charge is -2.09. The zero-order valence-electron chi connectivity index (χ0n) is 18.8. The van der Waals surface area contributed by atoms with Crippen LogP contribution in [0.25, 0.3) is 0 Å². The minimum absolute atomic E-state index is 0.00174. The van der Waals surface area contributed by atoms with E-state index in [0.717, 1.165) is 0 Å². The van der Waals surface area contributed by atoms with Gasteiger partial charge in [-0.15, -0.1) is 0 Å². The van der Waals surface area contributed by atoms with Crippen LogP contribution in [0, 0.1) is 13.8 Å². The highest BCUT2D eigenvalue weighted by molar-refractivity contribution is 7.92. The zero-order chi connectivity index (χ0) is 25.0. The summed E-state index contributed by atoms with van der Waals surface area (Å²) in [5, 5.41) is 7.48. The molecule has 0 radical (unpaired) electrons. The van der Waals surface area contributed by atoms with Gasteiger partial charge in [-0.2, -0.15) is 5.10 Å². The number of ether oxygens (including phenoxy) is 1. The van der Waals surface area contributed by atoms with Gasteiger partial charge in [0.05, 0.1) is 4.90 Å². The Morgan fingerprint density at radius 3 is 2.31 bits per heavy atom. The summed E-state index contributed by atoms with van der Waals surface area (Å²) in [6.07, 6.45) is 1.61. The van der Waals surface area contributed by atoms with E-state index in [1.54, 1.807) is 56.4 Å². The first kappa shape index (κ1) is 24.2. The summed E-state index contributed by atoms with van der Waals surface area (Å²) in [5.74, 6) is 0.160. The molecular formula is C23H21ClN6O4S. The summed E-state index contributed by atoms with van der Waals surface area (Å²) in [5.41, 5.74) is 1.87. The lowest BCUT2D eigenvalue weighted by atomic mass is 10.3. The first-order valence-corrected chi connectivity index (χ1v) is 12.2. The number of rotatable bonds is 8. The topological polar surface area (TPSA) is 128 Å². The van der Waals surface area contributed by atoms with Gasteiger partial charge in [0.1, 0.15) is 5.75 Å². The number of aryl methyl sites for hydroxylation is 2. The third-order valence-electron chi connectivity index (χ3n) is 4.68. The van der Waals surface area contributed by atoms with Gasteiger partial charge in [-0.25, -0.2) is 27.8 Å². The van der Waals surface area contributed by atoms with Gasteiger partial charge in [0.2, 0.25) is 5.95 Å². The predicted molar refractivity (Wildman–Crippen MR) is 131 cm³/mol. The van der Waals surface area contributed by atoms with Crippen LogP contribution in [0.2, 0.25) is 5.02 Å². The third kappa shape index (κ3) is 6.34. The van der Waals surface area contributed by atoms with E-state index in [9.17, 15) is 13.2 Å². The summed E-state index contributed by atoms with van der Waals surface area (Å²) in [4.78, 5) is 20.7. The number of nitrogens with zero attached hydrogens (tertiary/aromatic N) is 4. The molecule has 1 amide bonds. The second-order valence-electron chi connectivity index (χ2n) is 7.53. The Morgan fingerprint density at radius 2 is 1.66 bits per heavy atom. The summed E-state index contributed by atoms with van der Waals surface area (Å²) in [6, 6.07) is 15.9. The van der Waals surface area contributed by atoms with Crippen molar-refractivity contribution in [3.8, 4) is 5.75 Å². The van der Waals surface area contributed by atoms with Crippen LogP contribution in [-0.4, -0.2) is 34.1 Å². The molecule has 35 heavy (non-hydrogen) atoms. The number of anilines is 2. The number of carbonyl (C=O) groups is 1. The quantitative estimate of drug-likeness (QED) is 0.364. The SMILES string of the molecule is Cc1cc(C)nc(NS(=O)(=O)c2ccc(NC(=O)c3ccn(COc4ccc(Cl)cc4)n3)cc2)n1. The maximum absolute atomic E-state index is 12.7. The Balaban J connectivity index is 1.36. The van der Waals surface area contributed by atoms with Gasteiger partial charge < -0.3 is 10.1 Å². The molecule has 0 unspecified atom stereocenters. The number of halogens is 1. The highest BCUT2D eigenvalue weighted by Crippen LogP contribution is 2.18. The van der Waals surface area contributed by atoms with Crippen LogP contribution < -0.4 is 14.8 Å². The summed E-state index contributed by atoms with van der Waals surface area (Å²) in [7, 11) is -3.90. The average Bonchev–Trinajstić information content (AvgIpc) is 3.27. The molecular weight excluding hydrogens is 492 g/mol. The monoisotopic (exact) mass is 512 g/mol. The summed E-state index contributed by atoms with van der Waals surface area (Å²) >= 11 is 5.85. The number of hydrogen-bond acceptors (Lipinski definition) is 7. The molecule has 2 aromatic heterocycles. The molecule has 2 N–H and O–H groups in total. The van der Waals surface area contributed by atoms with Gasteiger partial charge >= 0.3 is 0 Å². The average molecular weight is 513 g/mol. The summed E-state index contributed by atoms with van der Waals surface area (Å²) in [6.45, 7) is 3.61. The molecule has 0 aliphatic heterocycles. The van der Waals surface area contributed by atoms with Gasteiger partial charge in [-0.05, 0) is 74.5 Å². The van der Waals surface area contributed by atoms with Crippen molar-refractivity contribution >= 4 is 39.2 Å². The third-order valence-corrected chi connectivity index (χ3v) is 6.28. The fourth-order valence-corrected chi connectivity index (χ4v) is 4.16. The Labute approximate surface area is 207 Å². The molecule has 0 saturated carbocycles. The molecule has 180 valence electrons. The van der Waals surface area contributed by atoms with Crippen LogP contribution in [0.15, 0.2) is 71.8 Å². The molecule has 4 rings (SSSR count). The van der Waals surface area contributed by atoms with Gasteiger partial charge in [0.15, 0.2) is 12.4 Å². The molecule has 2 heterocycles.